The van der Waals surface area contributed by atoms with E-state index in [0.29, 0.717) is 0 Å². The molecule has 0 amide bonds. The summed E-state index contributed by atoms with van der Waals surface area (Å²) < 4.78 is 0. The number of benzene rings is 1. The monoisotopic (exact) mass is 217 g/mol. The van der Waals surface area contributed by atoms with Gasteiger partial charge in [-0.2, -0.15) is 0 Å². The van der Waals surface area contributed by atoms with Gasteiger partial charge in [0.25, 0.3) is 0 Å². The quantitative estimate of drug-likeness (QED) is 0.809. The predicted octanol–water partition coefficient (Wildman–Crippen LogP) is 1.70. The van der Waals surface area contributed by atoms with Crippen molar-refractivity contribution in [2.75, 3.05) is 0 Å². The summed E-state index contributed by atoms with van der Waals surface area (Å²) in [5, 5.41) is 8.64. The van der Waals surface area contributed by atoms with Gasteiger partial charge in [0.1, 0.15) is 6.26 Å². The van der Waals surface area contributed by atoms with E-state index in [4.69, 9.17) is 9.94 Å². The van der Waals surface area contributed by atoms with E-state index in [2.05, 4.69) is 5.48 Å². The molecule has 1 aliphatic heterocycles. The number of carbonyl (C=O) groups is 1. The molecular weight excluding hydrogens is 206 g/mol. The smallest absolute Gasteiger partial charge is 0.307 e. The minimum atomic E-state index is -0.820. The highest BCUT2D eigenvalue weighted by Crippen LogP contribution is 2.17. The van der Waals surface area contributed by atoms with Crippen LogP contribution in [0, 0.1) is 0 Å². The van der Waals surface area contributed by atoms with E-state index in [0.717, 1.165) is 16.7 Å². The van der Waals surface area contributed by atoms with Crippen molar-refractivity contribution < 1.29 is 14.7 Å². The number of hydrogen-bond donors (Lipinski definition) is 2. The Hall–Kier alpha value is -2.23. The van der Waals surface area contributed by atoms with E-state index < -0.39 is 5.97 Å². The lowest BCUT2D eigenvalue weighted by molar-refractivity contribution is -0.136. The lowest BCUT2D eigenvalue weighted by Gasteiger charge is -2.09. The summed E-state index contributed by atoms with van der Waals surface area (Å²) in [5.41, 5.74) is 5.44. The highest BCUT2D eigenvalue weighted by atomic mass is 16.6. The molecule has 0 unspecified atom stereocenters. The number of carboxylic acid groups (broad SMARTS) is 1. The van der Waals surface area contributed by atoms with E-state index in [9.17, 15) is 4.79 Å². The van der Waals surface area contributed by atoms with Crippen LogP contribution in [0.5, 0.6) is 0 Å². The van der Waals surface area contributed by atoms with Gasteiger partial charge in [-0.25, -0.2) is 5.48 Å². The average Bonchev–Trinajstić information content (AvgIpc) is 2.30. The van der Waals surface area contributed by atoms with Crippen LogP contribution in [-0.2, 0) is 16.1 Å². The van der Waals surface area contributed by atoms with Gasteiger partial charge in [0.05, 0.1) is 6.42 Å². The largest absolute Gasteiger partial charge is 0.481 e. The first-order valence-corrected chi connectivity index (χ1v) is 4.85. The Bertz CT molecular complexity index is 446. The second-order valence-electron chi connectivity index (χ2n) is 3.41. The molecule has 0 bridgehead atoms. The fraction of sp³-hybridized carbons (Fsp3) is 0.0833. The molecule has 0 saturated heterocycles. The van der Waals surface area contributed by atoms with Gasteiger partial charge in [-0.1, -0.05) is 24.3 Å². The van der Waals surface area contributed by atoms with Gasteiger partial charge < -0.3 is 9.94 Å². The summed E-state index contributed by atoms with van der Waals surface area (Å²) in [6.07, 6.45) is 5.19. The molecule has 2 N–H and O–H groups in total. The lowest BCUT2D eigenvalue weighted by atomic mass is 10.0. The van der Waals surface area contributed by atoms with Crippen molar-refractivity contribution in [1.29, 1.82) is 0 Å². The summed E-state index contributed by atoms with van der Waals surface area (Å²) in [4.78, 5) is 15.3. The maximum Gasteiger partial charge on any atom is 0.307 e. The molecule has 2 rings (SSSR count). The van der Waals surface area contributed by atoms with E-state index in [-0.39, 0.29) is 6.42 Å². The van der Waals surface area contributed by atoms with Gasteiger partial charge in [0, 0.05) is 11.8 Å². The summed E-state index contributed by atoms with van der Waals surface area (Å²) in [6, 6.07) is 7.41. The summed E-state index contributed by atoms with van der Waals surface area (Å²) in [5.74, 6) is -0.820. The van der Waals surface area contributed by atoms with Gasteiger partial charge in [-0.15, -0.1) is 0 Å². The molecule has 0 spiro atoms. The summed E-state index contributed by atoms with van der Waals surface area (Å²) in [7, 11) is 0. The molecule has 1 heterocycles. The van der Waals surface area contributed by atoms with Crippen LogP contribution in [0.1, 0.15) is 11.1 Å². The Kier molecular flexibility index (Phi) is 2.91. The van der Waals surface area contributed by atoms with Gasteiger partial charge >= 0.3 is 5.97 Å². The van der Waals surface area contributed by atoms with E-state index in [1.54, 1.807) is 12.5 Å². The van der Waals surface area contributed by atoms with Crippen LogP contribution in [-0.4, -0.2) is 11.1 Å². The number of hydroxylamine groups is 1. The highest BCUT2D eigenvalue weighted by Gasteiger charge is 2.03. The lowest BCUT2D eigenvalue weighted by Crippen LogP contribution is -2.06. The maximum atomic E-state index is 10.5. The molecular formula is C12H11NO3. The fourth-order valence-electron chi connectivity index (χ4n) is 1.46. The molecule has 1 aliphatic rings. The van der Waals surface area contributed by atoms with Crippen LogP contribution in [0.25, 0.3) is 5.57 Å². The minimum absolute atomic E-state index is 0.0521. The summed E-state index contributed by atoms with van der Waals surface area (Å²) in [6.45, 7) is 0. The second-order valence-corrected chi connectivity index (χ2v) is 3.41. The van der Waals surface area contributed by atoms with Crippen molar-refractivity contribution >= 4 is 11.5 Å². The van der Waals surface area contributed by atoms with Crippen molar-refractivity contribution in [3.8, 4) is 0 Å². The third-order valence-corrected chi connectivity index (χ3v) is 2.24. The predicted molar refractivity (Wildman–Crippen MR) is 59.1 cm³/mol. The Morgan fingerprint density at radius 3 is 2.62 bits per heavy atom. The van der Waals surface area contributed by atoms with E-state index in [1.165, 1.54) is 0 Å². The number of carboxylic acids is 1. The second kappa shape index (κ2) is 4.53. The van der Waals surface area contributed by atoms with Gasteiger partial charge in [0.2, 0.25) is 0 Å². The molecule has 1 aromatic rings. The molecule has 1 aromatic carbocycles. The van der Waals surface area contributed by atoms with Crippen LogP contribution in [0.3, 0.4) is 0 Å². The number of allylic oxidation sites excluding steroid dienone is 2. The average molecular weight is 217 g/mol. The Labute approximate surface area is 92.8 Å². The number of hydrogen-bond acceptors (Lipinski definition) is 3. The van der Waals surface area contributed by atoms with Gasteiger partial charge in [0.15, 0.2) is 0 Å². The zero-order chi connectivity index (χ0) is 11.4. The number of rotatable bonds is 3. The fourth-order valence-corrected chi connectivity index (χ4v) is 1.46. The Morgan fingerprint density at radius 1 is 1.31 bits per heavy atom. The van der Waals surface area contributed by atoms with Crippen molar-refractivity contribution in [3.05, 3.63) is 53.9 Å². The molecule has 0 saturated carbocycles. The zero-order valence-corrected chi connectivity index (χ0v) is 8.51. The van der Waals surface area contributed by atoms with Crippen LogP contribution in [0.4, 0.5) is 0 Å². The van der Waals surface area contributed by atoms with E-state index in [1.807, 2.05) is 30.3 Å². The van der Waals surface area contributed by atoms with Crippen LogP contribution < -0.4 is 5.48 Å². The maximum absolute atomic E-state index is 10.5. The highest BCUT2D eigenvalue weighted by molar-refractivity contribution is 5.75. The van der Waals surface area contributed by atoms with Crippen molar-refractivity contribution in [2.45, 2.75) is 6.42 Å². The molecule has 4 nitrogen and oxygen atoms in total. The molecule has 0 aromatic heterocycles. The Morgan fingerprint density at radius 2 is 2.06 bits per heavy atom. The molecule has 0 aliphatic carbocycles. The molecule has 0 fully saturated rings. The first-order chi connectivity index (χ1) is 7.75. The normalized spacial score (nSPS) is 13.6. The van der Waals surface area contributed by atoms with Crippen LogP contribution in [0.2, 0.25) is 0 Å². The molecule has 0 atom stereocenters. The standard InChI is InChI=1S/C12H11NO3/c14-12(15)7-9-1-3-10(4-2-9)11-5-6-16-13-8-11/h1-6,8,13H,7H2,(H,14,15). The Balaban J connectivity index is 2.15. The van der Waals surface area contributed by atoms with E-state index >= 15 is 0 Å². The van der Waals surface area contributed by atoms with Crippen LogP contribution in [0.15, 0.2) is 42.8 Å². The van der Waals surface area contributed by atoms with Crippen molar-refractivity contribution in [1.82, 2.24) is 5.48 Å². The number of nitrogens with one attached hydrogen (secondary N) is 1. The van der Waals surface area contributed by atoms with Crippen molar-refractivity contribution in [2.24, 2.45) is 0 Å². The molecule has 0 radical (unpaired) electrons. The molecule has 4 heteroatoms. The number of aliphatic carboxylic acids is 1. The molecule has 82 valence electrons. The molecule has 16 heavy (non-hydrogen) atoms. The topological polar surface area (TPSA) is 58.6 Å². The minimum Gasteiger partial charge on any atom is -0.481 e. The summed E-state index contributed by atoms with van der Waals surface area (Å²) >= 11 is 0. The third-order valence-electron chi connectivity index (χ3n) is 2.24. The zero-order valence-electron chi connectivity index (χ0n) is 8.51. The first-order valence-electron chi connectivity index (χ1n) is 4.85. The van der Waals surface area contributed by atoms with Gasteiger partial charge in [-0.05, 0) is 17.2 Å². The van der Waals surface area contributed by atoms with Crippen molar-refractivity contribution in [3.63, 3.8) is 0 Å². The van der Waals surface area contributed by atoms with Gasteiger partial charge in [-0.3, -0.25) is 4.79 Å². The third kappa shape index (κ3) is 2.42. The first kappa shape index (κ1) is 10.3. The SMILES string of the molecule is O=C(O)Cc1ccc(C2=CNOC=C2)cc1. The van der Waals surface area contributed by atoms with Crippen LogP contribution >= 0.6 is 0 Å².